The van der Waals surface area contributed by atoms with Gasteiger partial charge in [0.2, 0.25) is 0 Å². The zero-order chi connectivity index (χ0) is 15.2. The van der Waals surface area contributed by atoms with Gasteiger partial charge in [0.25, 0.3) is 0 Å². The summed E-state index contributed by atoms with van der Waals surface area (Å²) in [5.74, 6) is 0. The van der Waals surface area contributed by atoms with Gasteiger partial charge in [-0.15, -0.1) is 0 Å². The molecule has 0 saturated heterocycles. The third-order valence-corrected chi connectivity index (χ3v) is 3.30. The minimum absolute atomic E-state index is 0.588. The Labute approximate surface area is 128 Å². The Hall–Kier alpha value is -2.73. The molecule has 0 unspecified atom stereocenters. The molecule has 0 aliphatic heterocycles. The topological polar surface area (TPSA) is 88.8 Å². The second kappa shape index (κ2) is 6.82. The minimum Gasteiger partial charge on any atom is -0.382 e. The Morgan fingerprint density at radius 1 is 0.909 bits per heavy atom. The zero-order valence-electron chi connectivity index (χ0n) is 12.2. The maximum absolute atomic E-state index is 5.53. The molecule has 1 aromatic carbocycles. The van der Waals surface area contributed by atoms with Crippen LogP contribution in [0, 0.1) is 0 Å². The first-order valence-corrected chi connectivity index (χ1v) is 7.18. The largest absolute Gasteiger partial charge is 0.382 e. The number of hydrogen-bond donors (Lipinski definition) is 3. The Morgan fingerprint density at radius 3 is 2.64 bits per heavy atom. The van der Waals surface area contributed by atoms with Gasteiger partial charge in [-0.2, -0.15) is 0 Å². The van der Waals surface area contributed by atoms with Crippen LogP contribution in [0.15, 0.2) is 49.1 Å². The van der Waals surface area contributed by atoms with E-state index in [4.69, 9.17) is 5.73 Å². The summed E-state index contributed by atoms with van der Waals surface area (Å²) in [6, 6.07) is 8.01. The molecule has 3 rings (SSSR count). The van der Waals surface area contributed by atoms with Gasteiger partial charge in [0.15, 0.2) is 0 Å². The lowest BCUT2D eigenvalue weighted by atomic mass is 10.2. The molecular weight excluding hydrogens is 276 g/mol. The van der Waals surface area contributed by atoms with Crippen molar-refractivity contribution < 1.29 is 0 Å². The number of aromatic nitrogens is 3. The Kier molecular flexibility index (Phi) is 4.41. The molecule has 6 heteroatoms. The van der Waals surface area contributed by atoms with Crippen molar-refractivity contribution in [1.82, 2.24) is 15.0 Å². The molecule has 0 amide bonds. The molecule has 22 heavy (non-hydrogen) atoms. The number of rotatable bonds is 6. The van der Waals surface area contributed by atoms with Crippen LogP contribution >= 0.6 is 0 Å². The van der Waals surface area contributed by atoms with Crippen molar-refractivity contribution in [3.05, 3.63) is 54.6 Å². The fourth-order valence-electron chi connectivity index (χ4n) is 2.21. The van der Waals surface area contributed by atoms with E-state index in [9.17, 15) is 0 Å². The summed E-state index contributed by atoms with van der Waals surface area (Å²) in [7, 11) is 0. The van der Waals surface area contributed by atoms with Crippen LogP contribution in [0.2, 0.25) is 0 Å². The van der Waals surface area contributed by atoms with Gasteiger partial charge in [-0.1, -0.05) is 6.07 Å². The summed E-state index contributed by atoms with van der Waals surface area (Å²) in [4.78, 5) is 12.8. The van der Waals surface area contributed by atoms with Crippen molar-refractivity contribution in [3.8, 4) is 0 Å². The monoisotopic (exact) mass is 294 g/mol. The first-order chi connectivity index (χ1) is 10.9. The molecule has 0 radical (unpaired) electrons. The Morgan fingerprint density at radius 2 is 1.77 bits per heavy atom. The standard InChI is InChI=1S/C16H18N6/c17-4-6-19-14-3-5-18-11-16(14)22-10-12-1-2-13-15(9-12)21-8-7-20-13/h1-3,5,7-9,11,22H,4,6,10,17H2,(H,18,19). The van der Waals surface area contributed by atoms with E-state index in [0.717, 1.165) is 34.5 Å². The van der Waals surface area contributed by atoms with Gasteiger partial charge < -0.3 is 16.4 Å². The number of hydrogen-bond acceptors (Lipinski definition) is 6. The molecule has 2 heterocycles. The molecule has 3 aromatic rings. The maximum Gasteiger partial charge on any atom is 0.0890 e. The average molecular weight is 294 g/mol. The minimum atomic E-state index is 0.588. The number of fused-ring (bicyclic) bond motifs is 1. The first-order valence-electron chi connectivity index (χ1n) is 7.18. The highest BCUT2D eigenvalue weighted by molar-refractivity contribution is 5.74. The second-order valence-electron chi connectivity index (χ2n) is 4.87. The van der Waals surface area contributed by atoms with Crippen LogP contribution in [-0.2, 0) is 6.54 Å². The first kappa shape index (κ1) is 14.2. The summed E-state index contributed by atoms with van der Waals surface area (Å²) in [6.45, 7) is 2.00. The van der Waals surface area contributed by atoms with Crippen molar-refractivity contribution in [2.75, 3.05) is 23.7 Å². The zero-order valence-corrected chi connectivity index (χ0v) is 12.2. The smallest absolute Gasteiger partial charge is 0.0890 e. The number of benzene rings is 1. The second-order valence-corrected chi connectivity index (χ2v) is 4.87. The Balaban J connectivity index is 1.73. The highest BCUT2D eigenvalue weighted by Crippen LogP contribution is 2.20. The van der Waals surface area contributed by atoms with Crippen molar-refractivity contribution in [3.63, 3.8) is 0 Å². The normalized spacial score (nSPS) is 10.6. The summed E-state index contributed by atoms with van der Waals surface area (Å²) < 4.78 is 0. The number of nitrogens with two attached hydrogens (primary N) is 1. The number of nitrogens with one attached hydrogen (secondary N) is 2. The van der Waals surface area contributed by atoms with Crippen LogP contribution in [0.4, 0.5) is 11.4 Å². The lowest BCUT2D eigenvalue weighted by Gasteiger charge is -2.13. The molecule has 0 saturated carbocycles. The third kappa shape index (κ3) is 3.29. The number of nitrogens with zero attached hydrogens (tertiary/aromatic N) is 3. The molecular formula is C16H18N6. The van der Waals surface area contributed by atoms with Crippen LogP contribution in [-0.4, -0.2) is 28.0 Å². The van der Waals surface area contributed by atoms with Crippen LogP contribution in [0.1, 0.15) is 5.56 Å². The van der Waals surface area contributed by atoms with E-state index >= 15 is 0 Å². The average Bonchev–Trinajstić information content (AvgIpc) is 2.58. The molecule has 0 spiro atoms. The van der Waals surface area contributed by atoms with Crippen molar-refractivity contribution in [2.45, 2.75) is 6.54 Å². The van der Waals surface area contributed by atoms with Gasteiger partial charge in [-0.05, 0) is 23.8 Å². The summed E-state index contributed by atoms with van der Waals surface area (Å²) >= 11 is 0. The van der Waals surface area contributed by atoms with E-state index in [1.165, 1.54) is 0 Å². The molecule has 0 bridgehead atoms. The number of anilines is 2. The highest BCUT2D eigenvalue weighted by Gasteiger charge is 2.03. The predicted molar refractivity (Wildman–Crippen MR) is 88.6 cm³/mol. The summed E-state index contributed by atoms with van der Waals surface area (Å²) in [5.41, 5.74) is 10.4. The lowest BCUT2D eigenvalue weighted by molar-refractivity contribution is 1.02. The third-order valence-electron chi connectivity index (χ3n) is 3.30. The van der Waals surface area contributed by atoms with E-state index in [2.05, 4.69) is 25.6 Å². The van der Waals surface area contributed by atoms with Crippen molar-refractivity contribution in [2.24, 2.45) is 5.73 Å². The lowest BCUT2D eigenvalue weighted by Crippen LogP contribution is -2.14. The molecule has 6 nitrogen and oxygen atoms in total. The predicted octanol–water partition coefficient (Wildman–Crippen LogP) is 2.01. The van der Waals surface area contributed by atoms with E-state index in [0.29, 0.717) is 13.1 Å². The molecule has 0 aliphatic rings. The van der Waals surface area contributed by atoms with Gasteiger partial charge in [-0.25, -0.2) is 0 Å². The molecule has 0 atom stereocenters. The van der Waals surface area contributed by atoms with E-state index in [1.807, 2.05) is 24.3 Å². The van der Waals surface area contributed by atoms with E-state index in [-0.39, 0.29) is 0 Å². The molecule has 2 aromatic heterocycles. The van der Waals surface area contributed by atoms with E-state index < -0.39 is 0 Å². The van der Waals surface area contributed by atoms with E-state index in [1.54, 1.807) is 24.8 Å². The SMILES string of the molecule is NCCNc1ccncc1NCc1ccc2nccnc2c1. The molecule has 0 fully saturated rings. The fraction of sp³-hybridized carbons (Fsp3) is 0.188. The molecule has 4 N–H and O–H groups in total. The molecule has 0 aliphatic carbocycles. The van der Waals surface area contributed by atoms with Crippen LogP contribution in [0.25, 0.3) is 11.0 Å². The van der Waals surface area contributed by atoms with Gasteiger partial charge in [-0.3, -0.25) is 15.0 Å². The van der Waals surface area contributed by atoms with Gasteiger partial charge in [0, 0.05) is 38.2 Å². The van der Waals surface area contributed by atoms with Crippen LogP contribution in [0.5, 0.6) is 0 Å². The van der Waals surface area contributed by atoms with Gasteiger partial charge in [0.1, 0.15) is 0 Å². The van der Waals surface area contributed by atoms with Crippen molar-refractivity contribution in [1.29, 1.82) is 0 Å². The fourth-order valence-corrected chi connectivity index (χ4v) is 2.21. The quantitative estimate of drug-likeness (QED) is 0.644. The van der Waals surface area contributed by atoms with Crippen LogP contribution < -0.4 is 16.4 Å². The highest BCUT2D eigenvalue weighted by atomic mass is 15.0. The van der Waals surface area contributed by atoms with Gasteiger partial charge in [0.05, 0.1) is 28.6 Å². The summed E-state index contributed by atoms with van der Waals surface area (Å²) in [5, 5.41) is 6.67. The van der Waals surface area contributed by atoms with Crippen molar-refractivity contribution >= 4 is 22.4 Å². The summed E-state index contributed by atoms with van der Waals surface area (Å²) in [6.07, 6.45) is 6.97. The maximum atomic E-state index is 5.53. The van der Waals surface area contributed by atoms with Crippen LogP contribution in [0.3, 0.4) is 0 Å². The Bertz CT molecular complexity index is 758. The number of pyridine rings is 1. The molecule has 112 valence electrons. The van der Waals surface area contributed by atoms with Gasteiger partial charge >= 0.3 is 0 Å².